The average molecular weight is 472 g/mol. The van der Waals surface area contributed by atoms with Crippen LogP contribution in [0.5, 0.6) is 0 Å². The first kappa shape index (κ1) is 22.4. The van der Waals surface area contributed by atoms with E-state index in [1.807, 2.05) is 73.8 Å². The van der Waals surface area contributed by atoms with Gasteiger partial charge in [-0.1, -0.05) is 44.2 Å². The Balaban J connectivity index is 1.69. The van der Waals surface area contributed by atoms with Crippen LogP contribution in [0, 0.1) is 19.3 Å². The Labute approximate surface area is 204 Å². The third-order valence-corrected chi connectivity index (χ3v) is 7.70. The molecule has 5 rings (SSSR count). The maximum Gasteiger partial charge on any atom is 0.327 e. The third kappa shape index (κ3) is 3.92. The molecule has 1 aromatic heterocycles. The van der Waals surface area contributed by atoms with Crippen molar-refractivity contribution >= 4 is 40.2 Å². The van der Waals surface area contributed by atoms with Gasteiger partial charge in [0.05, 0.1) is 11.4 Å². The van der Waals surface area contributed by atoms with E-state index in [0.717, 1.165) is 45.2 Å². The topological polar surface area (TPSA) is 61.4 Å². The molecule has 1 aliphatic carbocycles. The monoisotopic (exact) mass is 471 g/mol. The van der Waals surface area contributed by atoms with Crippen LogP contribution >= 0.6 is 11.3 Å². The summed E-state index contributed by atoms with van der Waals surface area (Å²) in [5, 5.41) is 8.69. The molecule has 6 heteroatoms. The molecule has 0 bridgehead atoms. The molecule has 5 nitrogen and oxygen atoms in total. The number of nitrogens with zero attached hydrogens (tertiary/aromatic N) is 1. The molecule has 0 saturated carbocycles. The molecule has 174 valence electrons. The van der Waals surface area contributed by atoms with E-state index in [-0.39, 0.29) is 17.2 Å². The fraction of sp³-hybridized carbons (Fsp3) is 0.286. The van der Waals surface area contributed by atoms with E-state index in [1.54, 1.807) is 16.2 Å². The van der Waals surface area contributed by atoms with Gasteiger partial charge in [0.25, 0.3) is 0 Å². The number of rotatable bonds is 2. The van der Waals surface area contributed by atoms with Crippen molar-refractivity contribution in [2.75, 3.05) is 15.5 Å². The first-order chi connectivity index (χ1) is 16.2. The number of aryl methyl sites for hydroxylation is 1. The van der Waals surface area contributed by atoms with Gasteiger partial charge in [0.1, 0.15) is 6.04 Å². The standard InChI is InChI=1S/C28H29N3O2S/c1-17-9-7-11-19(18(17)2)30-27(33)31-22-12-6-5-10-20(22)29-21-15-28(3,4)16-23(32)25(21)26(31)24-13-8-14-34-24/h5-14,26,29H,15-16H2,1-4H3,(H,30,33)/t26-/m1/s1. The van der Waals surface area contributed by atoms with Crippen molar-refractivity contribution in [3.63, 3.8) is 0 Å². The second-order valence-electron chi connectivity index (χ2n) is 9.94. The first-order valence-corrected chi connectivity index (χ1v) is 12.5. The van der Waals surface area contributed by atoms with Crippen LogP contribution in [0.15, 0.2) is 71.2 Å². The zero-order chi connectivity index (χ0) is 24.0. The smallest absolute Gasteiger partial charge is 0.327 e. The Morgan fingerprint density at radius 2 is 1.85 bits per heavy atom. The van der Waals surface area contributed by atoms with Gasteiger partial charge in [-0.25, -0.2) is 4.79 Å². The summed E-state index contributed by atoms with van der Waals surface area (Å²) < 4.78 is 0. The van der Waals surface area contributed by atoms with Gasteiger partial charge in [0, 0.05) is 28.3 Å². The van der Waals surface area contributed by atoms with Crippen LogP contribution < -0.4 is 15.5 Å². The van der Waals surface area contributed by atoms with Crippen LogP contribution in [0.1, 0.15) is 48.7 Å². The molecule has 2 amide bonds. The summed E-state index contributed by atoms with van der Waals surface area (Å²) >= 11 is 1.57. The molecule has 0 unspecified atom stereocenters. The number of fused-ring (bicyclic) bond motifs is 1. The average Bonchev–Trinajstić information content (AvgIpc) is 3.26. The van der Waals surface area contributed by atoms with E-state index in [4.69, 9.17) is 0 Å². The van der Waals surface area contributed by atoms with Crippen molar-refractivity contribution in [1.29, 1.82) is 0 Å². The minimum Gasteiger partial charge on any atom is -0.357 e. The molecular formula is C28H29N3O2S. The second kappa shape index (κ2) is 8.44. The number of nitrogens with one attached hydrogen (secondary N) is 2. The number of thiophene rings is 1. The number of hydrogen-bond acceptors (Lipinski definition) is 4. The number of carbonyl (C=O) groups excluding carboxylic acids is 2. The van der Waals surface area contributed by atoms with E-state index >= 15 is 0 Å². The number of benzene rings is 2. The largest absolute Gasteiger partial charge is 0.357 e. The van der Waals surface area contributed by atoms with Gasteiger partial charge in [0.15, 0.2) is 5.78 Å². The highest BCUT2D eigenvalue weighted by Gasteiger charge is 2.43. The maximum atomic E-state index is 14.0. The summed E-state index contributed by atoms with van der Waals surface area (Å²) in [6.07, 6.45) is 1.20. The molecule has 0 spiro atoms. The number of allylic oxidation sites excluding steroid dienone is 1. The fourth-order valence-corrected chi connectivity index (χ4v) is 5.81. The minimum atomic E-state index is -0.500. The Hall–Kier alpha value is -3.38. The molecule has 3 aromatic rings. The van der Waals surface area contributed by atoms with Crippen molar-refractivity contribution in [3.05, 3.63) is 87.3 Å². The van der Waals surface area contributed by atoms with Gasteiger partial charge in [-0.05, 0) is 66.5 Å². The third-order valence-electron chi connectivity index (χ3n) is 6.78. The number of hydrogen-bond donors (Lipinski definition) is 2. The van der Waals surface area contributed by atoms with Gasteiger partial charge in [0.2, 0.25) is 0 Å². The highest BCUT2D eigenvalue weighted by molar-refractivity contribution is 7.10. The molecule has 34 heavy (non-hydrogen) atoms. The minimum absolute atomic E-state index is 0.0921. The lowest BCUT2D eigenvalue weighted by molar-refractivity contribution is -0.118. The highest BCUT2D eigenvalue weighted by atomic mass is 32.1. The summed E-state index contributed by atoms with van der Waals surface area (Å²) in [7, 11) is 0. The lowest BCUT2D eigenvalue weighted by atomic mass is 9.74. The van der Waals surface area contributed by atoms with E-state index in [0.29, 0.717) is 12.0 Å². The summed E-state index contributed by atoms with van der Waals surface area (Å²) in [5.74, 6) is 0.0921. The fourth-order valence-electron chi connectivity index (χ4n) is 4.99. The second-order valence-corrected chi connectivity index (χ2v) is 10.9. The molecule has 2 N–H and O–H groups in total. The number of carbonyl (C=O) groups is 2. The number of Topliss-reactive ketones (excluding diaryl/α,β-unsaturated/α-hetero) is 1. The van der Waals surface area contributed by atoms with E-state index in [2.05, 4.69) is 24.5 Å². The van der Waals surface area contributed by atoms with E-state index < -0.39 is 6.04 Å². The van der Waals surface area contributed by atoms with Gasteiger partial charge in [-0.2, -0.15) is 0 Å². The molecule has 2 aromatic carbocycles. The number of para-hydroxylation sites is 2. The summed E-state index contributed by atoms with van der Waals surface area (Å²) in [6.45, 7) is 8.29. The first-order valence-electron chi connectivity index (χ1n) is 11.6. The molecule has 0 fully saturated rings. The Morgan fingerprint density at radius 3 is 2.62 bits per heavy atom. The van der Waals surface area contributed by atoms with Crippen LogP contribution in [-0.2, 0) is 4.79 Å². The quantitative estimate of drug-likeness (QED) is 0.415. The Bertz CT molecular complexity index is 1310. The van der Waals surface area contributed by atoms with Gasteiger partial charge >= 0.3 is 6.03 Å². The number of amides is 2. The van der Waals surface area contributed by atoms with Crippen molar-refractivity contribution < 1.29 is 9.59 Å². The van der Waals surface area contributed by atoms with E-state index in [1.165, 1.54) is 0 Å². The Kier molecular flexibility index (Phi) is 5.56. The maximum absolute atomic E-state index is 14.0. The van der Waals surface area contributed by atoms with Crippen molar-refractivity contribution in [2.45, 2.75) is 46.6 Å². The summed E-state index contributed by atoms with van der Waals surface area (Å²) in [6, 6.07) is 16.9. The Morgan fingerprint density at radius 1 is 1.06 bits per heavy atom. The van der Waals surface area contributed by atoms with Gasteiger partial charge in [-0.15, -0.1) is 11.3 Å². The molecule has 1 atom stereocenters. The predicted molar refractivity (Wildman–Crippen MR) is 140 cm³/mol. The molecule has 2 heterocycles. The molecule has 0 radical (unpaired) electrons. The highest BCUT2D eigenvalue weighted by Crippen LogP contribution is 2.49. The van der Waals surface area contributed by atoms with E-state index in [9.17, 15) is 9.59 Å². The zero-order valence-corrected chi connectivity index (χ0v) is 20.8. The SMILES string of the molecule is Cc1cccc(NC(=O)N2c3ccccc3NC3=C(C(=O)CC(C)(C)C3)[C@H]2c2cccs2)c1C. The van der Waals surface area contributed by atoms with Gasteiger partial charge in [-0.3, -0.25) is 9.69 Å². The van der Waals surface area contributed by atoms with Crippen LogP contribution in [0.3, 0.4) is 0 Å². The van der Waals surface area contributed by atoms with Crippen LogP contribution in [0.2, 0.25) is 0 Å². The lowest BCUT2D eigenvalue weighted by Gasteiger charge is -2.36. The molecule has 1 aliphatic heterocycles. The summed E-state index contributed by atoms with van der Waals surface area (Å²) in [4.78, 5) is 30.4. The molecule has 0 saturated heterocycles. The number of urea groups is 1. The van der Waals surface area contributed by atoms with Crippen molar-refractivity contribution in [2.24, 2.45) is 5.41 Å². The van der Waals surface area contributed by atoms with Crippen LogP contribution in [0.4, 0.5) is 21.9 Å². The number of ketones is 1. The summed E-state index contributed by atoms with van der Waals surface area (Å²) in [5.41, 5.74) is 5.95. The molecule has 2 aliphatic rings. The number of anilines is 3. The van der Waals surface area contributed by atoms with Gasteiger partial charge < -0.3 is 10.6 Å². The predicted octanol–water partition coefficient (Wildman–Crippen LogP) is 7.21. The lowest BCUT2D eigenvalue weighted by Crippen LogP contribution is -2.41. The molecular weight excluding hydrogens is 442 g/mol. The van der Waals surface area contributed by atoms with Crippen molar-refractivity contribution in [3.8, 4) is 0 Å². The zero-order valence-electron chi connectivity index (χ0n) is 19.9. The normalized spacial score (nSPS) is 19.1. The van der Waals surface area contributed by atoms with Crippen LogP contribution in [0.25, 0.3) is 0 Å². The van der Waals surface area contributed by atoms with Crippen molar-refractivity contribution in [1.82, 2.24) is 0 Å². The van der Waals surface area contributed by atoms with Crippen LogP contribution in [-0.4, -0.2) is 11.8 Å².